The van der Waals surface area contributed by atoms with Crippen LogP contribution in [0.4, 0.5) is 32.4 Å². The number of carbonyl (C=O) groups excluding carboxylic acids is 1. The Morgan fingerprint density at radius 1 is 1.04 bits per heavy atom. The van der Waals surface area contributed by atoms with Crippen LogP contribution < -0.4 is 20.1 Å². The standard InChI is InChI=1S/C29H36F2N6O4.C2HF3O2/c1-39-18-20-17-36(34-33-20)13-12-35-11-10-29(19-4-7-25(40-2)26(14-19)41-3)9-8-22(16-27(29)35)37(28(32)38)21-5-6-23(30)24(31)15-21;3-2(4,5)1(6)7/h4-7,14-15,17,22,27H,8-13,16,18H2,1-3H3,(H2,32,38);(H,6,7)/t22-,27+,29+;/m1./s1. The van der Waals surface area contributed by atoms with E-state index in [9.17, 15) is 26.7 Å². The maximum absolute atomic E-state index is 14.2. The fourth-order valence-electron chi connectivity index (χ4n) is 6.66. The first-order chi connectivity index (χ1) is 22.7. The molecule has 262 valence electrons. The molecule has 0 radical (unpaired) electrons. The minimum absolute atomic E-state index is 0.0356. The largest absolute Gasteiger partial charge is 0.493 e. The summed E-state index contributed by atoms with van der Waals surface area (Å²) in [6.07, 6.45) is -0.285. The second kappa shape index (κ2) is 15.1. The molecule has 5 rings (SSSR count). The normalized spacial score (nSPS) is 20.8. The van der Waals surface area contributed by atoms with Crippen LogP contribution in [0.5, 0.6) is 11.5 Å². The summed E-state index contributed by atoms with van der Waals surface area (Å²) in [5.41, 5.74) is 7.77. The molecule has 1 aliphatic carbocycles. The summed E-state index contributed by atoms with van der Waals surface area (Å²) >= 11 is 0. The predicted octanol–water partition coefficient (Wildman–Crippen LogP) is 4.50. The summed E-state index contributed by atoms with van der Waals surface area (Å²) in [5, 5.41) is 15.5. The number of nitrogens with two attached hydrogens (primary N) is 1. The molecule has 1 saturated carbocycles. The van der Waals surface area contributed by atoms with Crippen molar-refractivity contribution < 1.29 is 50.9 Å². The van der Waals surface area contributed by atoms with Crippen molar-refractivity contribution in [1.29, 1.82) is 0 Å². The summed E-state index contributed by atoms with van der Waals surface area (Å²) in [6.45, 7) is 2.57. The number of fused-ring (bicyclic) bond motifs is 1. The minimum Gasteiger partial charge on any atom is -0.493 e. The Hall–Kier alpha value is -4.51. The highest BCUT2D eigenvalue weighted by Crippen LogP contribution is 2.51. The highest BCUT2D eigenvalue weighted by atomic mass is 19.4. The van der Waals surface area contributed by atoms with Crippen LogP contribution in [0.25, 0.3) is 0 Å². The number of rotatable bonds is 10. The molecular weight excluding hydrogens is 647 g/mol. The lowest BCUT2D eigenvalue weighted by atomic mass is 9.64. The summed E-state index contributed by atoms with van der Waals surface area (Å²) in [4.78, 5) is 25.4. The third kappa shape index (κ3) is 7.95. The number of urea groups is 1. The summed E-state index contributed by atoms with van der Waals surface area (Å²) in [7, 11) is 4.85. The Morgan fingerprint density at radius 2 is 1.75 bits per heavy atom. The molecule has 2 amide bonds. The fraction of sp³-hybridized carbons (Fsp3) is 0.484. The number of carboxylic acid groups (broad SMARTS) is 1. The maximum Gasteiger partial charge on any atom is 0.490 e. The molecule has 1 saturated heterocycles. The number of ether oxygens (including phenoxy) is 3. The van der Waals surface area contributed by atoms with Gasteiger partial charge in [-0.2, -0.15) is 13.2 Å². The monoisotopic (exact) mass is 684 g/mol. The van der Waals surface area contributed by atoms with E-state index in [2.05, 4.69) is 21.3 Å². The van der Waals surface area contributed by atoms with Gasteiger partial charge >= 0.3 is 18.2 Å². The van der Waals surface area contributed by atoms with E-state index in [1.807, 2.05) is 23.0 Å². The SMILES string of the molecule is COCc1cn(CCN2CC[C@]3(c4ccc(OC)c(OC)c4)CC[C@@H](N(C(N)=O)c4ccc(F)c(F)c4)C[C@H]23)nn1.O=C(O)C(F)(F)F. The van der Waals surface area contributed by atoms with E-state index in [1.165, 1.54) is 11.0 Å². The van der Waals surface area contributed by atoms with Crippen molar-refractivity contribution in [3.63, 3.8) is 0 Å². The number of alkyl halides is 3. The summed E-state index contributed by atoms with van der Waals surface area (Å²) in [6, 6.07) is 8.56. The number of benzene rings is 2. The van der Waals surface area contributed by atoms with Gasteiger partial charge in [0.2, 0.25) is 0 Å². The molecule has 3 aromatic rings. The van der Waals surface area contributed by atoms with Gasteiger partial charge in [-0.1, -0.05) is 11.3 Å². The van der Waals surface area contributed by atoms with E-state index >= 15 is 0 Å². The van der Waals surface area contributed by atoms with Gasteiger partial charge in [-0.15, -0.1) is 5.10 Å². The van der Waals surface area contributed by atoms with E-state index in [0.29, 0.717) is 44.0 Å². The Morgan fingerprint density at radius 3 is 2.35 bits per heavy atom. The molecular formula is C31H37F5N6O6. The summed E-state index contributed by atoms with van der Waals surface area (Å²) in [5.74, 6) is -3.44. The third-order valence-corrected chi connectivity index (χ3v) is 8.82. The number of nitrogens with zero attached hydrogens (tertiary/aromatic N) is 5. The van der Waals surface area contributed by atoms with Crippen LogP contribution in [-0.2, 0) is 28.1 Å². The number of carbonyl (C=O) groups is 2. The molecule has 0 spiro atoms. The third-order valence-electron chi connectivity index (χ3n) is 8.82. The zero-order chi connectivity index (χ0) is 35.2. The lowest BCUT2D eigenvalue weighted by Crippen LogP contribution is -2.55. The molecule has 3 N–H and O–H groups in total. The number of aromatic nitrogens is 3. The lowest BCUT2D eigenvalue weighted by Gasteiger charge is -2.47. The van der Waals surface area contributed by atoms with E-state index in [4.69, 9.17) is 29.8 Å². The zero-order valence-corrected chi connectivity index (χ0v) is 26.5. The Bertz CT molecular complexity index is 1590. The second-order valence-electron chi connectivity index (χ2n) is 11.5. The van der Waals surface area contributed by atoms with Gasteiger partial charge in [0.15, 0.2) is 23.1 Å². The number of halogens is 5. The van der Waals surface area contributed by atoms with Crippen molar-refractivity contribution in [2.45, 2.75) is 62.5 Å². The Balaban J connectivity index is 0.000000671. The van der Waals surface area contributed by atoms with Crippen molar-refractivity contribution in [2.24, 2.45) is 5.73 Å². The molecule has 1 aromatic heterocycles. The predicted molar refractivity (Wildman–Crippen MR) is 162 cm³/mol. The van der Waals surface area contributed by atoms with E-state index in [0.717, 1.165) is 42.8 Å². The topological polar surface area (TPSA) is 145 Å². The minimum atomic E-state index is -5.08. The number of primary amides is 1. The smallest absolute Gasteiger partial charge is 0.490 e. The molecule has 2 heterocycles. The average Bonchev–Trinajstić information content (AvgIpc) is 3.66. The van der Waals surface area contributed by atoms with Crippen LogP contribution >= 0.6 is 0 Å². The fourth-order valence-corrected chi connectivity index (χ4v) is 6.66. The van der Waals surface area contributed by atoms with E-state index in [-0.39, 0.29) is 23.2 Å². The molecule has 3 atom stereocenters. The first kappa shape index (κ1) is 36.3. The van der Waals surface area contributed by atoms with Gasteiger partial charge in [-0.3, -0.25) is 14.5 Å². The number of hydrogen-bond acceptors (Lipinski definition) is 8. The van der Waals surface area contributed by atoms with E-state index < -0.39 is 29.8 Å². The lowest BCUT2D eigenvalue weighted by molar-refractivity contribution is -0.192. The molecule has 2 aliphatic rings. The van der Waals surface area contributed by atoms with Crippen molar-refractivity contribution in [3.8, 4) is 11.5 Å². The van der Waals surface area contributed by atoms with Crippen molar-refractivity contribution in [3.05, 3.63) is 65.5 Å². The molecule has 2 aromatic carbocycles. The van der Waals surface area contributed by atoms with Gasteiger partial charge in [0, 0.05) is 42.9 Å². The number of anilines is 1. The van der Waals surface area contributed by atoms with Crippen LogP contribution in [0, 0.1) is 11.6 Å². The molecule has 12 nitrogen and oxygen atoms in total. The number of carboxylic acids is 1. The van der Waals surface area contributed by atoms with Crippen LogP contribution in [0.15, 0.2) is 42.6 Å². The average molecular weight is 685 g/mol. The van der Waals surface area contributed by atoms with E-state index in [1.54, 1.807) is 21.3 Å². The number of hydrogen-bond donors (Lipinski definition) is 2. The van der Waals surface area contributed by atoms with Gasteiger partial charge in [0.1, 0.15) is 5.69 Å². The number of likely N-dealkylation sites (tertiary alicyclic amines) is 1. The second-order valence-corrected chi connectivity index (χ2v) is 11.5. The Labute approximate surface area is 273 Å². The van der Waals surface area contributed by atoms with Crippen LogP contribution in [0.1, 0.15) is 36.9 Å². The van der Waals surface area contributed by atoms with Gasteiger partial charge < -0.3 is 25.1 Å². The highest BCUT2D eigenvalue weighted by Gasteiger charge is 2.52. The summed E-state index contributed by atoms with van der Waals surface area (Å²) < 4.78 is 77.7. The van der Waals surface area contributed by atoms with Crippen LogP contribution in [-0.4, -0.2) is 89.7 Å². The maximum atomic E-state index is 14.2. The number of amides is 2. The first-order valence-corrected chi connectivity index (χ1v) is 14.9. The Kier molecular flexibility index (Phi) is 11.5. The molecule has 1 aliphatic heterocycles. The molecule has 0 unspecified atom stereocenters. The van der Waals surface area contributed by atoms with Crippen LogP contribution in [0.2, 0.25) is 0 Å². The van der Waals surface area contributed by atoms with Gasteiger partial charge in [0.05, 0.1) is 33.6 Å². The molecule has 2 fully saturated rings. The molecule has 0 bridgehead atoms. The van der Waals surface area contributed by atoms with Crippen LogP contribution in [0.3, 0.4) is 0 Å². The van der Waals surface area contributed by atoms with Gasteiger partial charge in [-0.05, 0) is 62.1 Å². The van der Waals surface area contributed by atoms with Crippen molar-refractivity contribution >= 4 is 17.7 Å². The first-order valence-electron chi connectivity index (χ1n) is 14.9. The van der Waals surface area contributed by atoms with Gasteiger partial charge in [0.25, 0.3) is 0 Å². The molecule has 48 heavy (non-hydrogen) atoms. The van der Waals surface area contributed by atoms with Gasteiger partial charge in [-0.25, -0.2) is 18.4 Å². The quantitative estimate of drug-likeness (QED) is 0.295. The number of methoxy groups -OCH3 is 3. The zero-order valence-electron chi connectivity index (χ0n) is 26.5. The van der Waals surface area contributed by atoms with Crippen molar-refractivity contribution in [2.75, 3.05) is 39.3 Å². The molecule has 17 heteroatoms. The number of aliphatic carboxylic acids is 1. The van der Waals surface area contributed by atoms with Crippen molar-refractivity contribution in [1.82, 2.24) is 19.9 Å². The highest BCUT2D eigenvalue weighted by molar-refractivity contribution is 5.91.